The molecule has 0 saturated carbocycles. The second kappa shape index (κ2) is 9.54. The largest absolute Gasteiger partial charge is 0.497 e. The predicted octanol–water partition coefficient (Wildman–Crippen LogP) is 2.33. The van der Waals surface area contributed by atoms with Gasteiger partial charge < -0.3 is 20.1 Å². The van der Waals surface area contributed by atoms with E-state index in [2.05, 4.69) is 0 Å². The second-order valence-electron chi connectivity index (χ2n) is 5.89. The molecule has 0 heterocycles. The first-order valence-electron chi connectivity index (χ1n) is 7.09. The molecule has 1 aromatic carbocycles. The van der Waals surface area contributed by atoms with Crippen LogP contribution in [-0.4, -0.2) is 44.7 Å². The van der Waals surface area contributed by atoms with Crippen molar-refractivity contribution in [2.24, 2.45) is 11.1 Å². The highest BCUT2D eigenvalue weighted by Gasteiger charge is 2.20. The van der Waals surface area contributed by atoms with Crippen molar-refractivity contribution in [2.75, 3.05) is 33.9 Å². The van der Waals surface area contributed by atoms with Crippen LogP contribution in [0, 0.1) is 5.41 Å². The van der Waals surface area contributed by atoms with E-state index in [0.717, 1.165) is 11.5 Å². The summed E-state index contributed by atoms with van der Waals surface area (Å²) >= 11 is 0. The van der Waals surface area contributed by atoms with E-state index < -0.39 is 0 Å². The summed E-state index contributed by atoms with van der Waals surface area (Å²) in [4.78, 5) is 13.7. The number of ether oxygens (including phenoxy) is 2. The van der Waals surface area contributed by atoms with Crippen molar-refractivity contribution in [3.8, 4) is 11.5 Å². The summed E-state index contributed by atoms with van der Waals surface area (Å²) in [5.41, 5.74) is 5.61. The van der Waals surface area contributed by atoms with Crippen LogP contribution in [0.5, 0.6) is 11.5 Å². The Morgan fingerprint density at radius 1 is 1.23 bits per heavy atom. The van der Waals surface area contributed by atoms with Gasteiger partial charge in [-0.15, -0.1) is 12.4 Å². The fraction of sp³-hybridized carbons (Fsp3) is 0.562. The van der Waals surface area contributed by atoms with Crippen LogP contribution in [0.1, 0.15) is 20.3 Å². The standard InChI is InChI=1S/C16H26N2O3.ClH/c1-16(2,11-17)12-18(3)15(19)9-10-21-14-7-5-13(20-4)6-8-14;/h5-8H,9-12,17H2,1-4H3;1H. The second-order valence-corrected chi connectivity index (χ2v) is 5.89. The predicted molar refractivity (Wildman–Crippen MR) is 90.8 cm³/mol. The average Bonchev–Trinajstić information content (AvgIpc) is 2.47. The van der Waals surface area contributed by atoms with Crippen LogP contribution in [0.3, 0.4) is 0 Å². The lowest BCUT2D eigenvalue weighted by Crippen LogP contribution is -2.40. The van der Waals surface area contributed by atoms with E-state index in [1.54, 1.807) is 19.1 Å². The van der Waals surface area contributed by atoms with Crippen LogP contribution in [0.15, 0.2) is 24.3 Å². The quantitative estimate of drug-likeness (QED) is 0.794. The third-order valence-electron chi connectivity index (χ3n) is 3.29. The molecule has 0 aromatic heterocycles. The maximum Gasteiger partial charge on any atom is 0.225 e. The van der Waals surface area contributed by atoms with E-state index in [9.17, 15) is 4.79 Å². The van der Waals surface area contributed by atoms with Gasteiger partial charge in [0.15, 0.2) is 0 Å². The minimum Gasteiger partial charge on any atom is -0.497 e. The van der Waals surface area contributed by atoms with Crippen LogP contribution < -0.4 is 15.2 Å². The molecule has 0 aliphatic rings. The fourth-order valence-electron chi connectivity index (χ4n) is 1.91. The molecule has 0 aliphatic heterocycles. The van der Waals surface area contributed by atoms with Crippen LogP contribution in [-0.2, 0) is 4.79 Å². The van der Waals surface area contributed by atoms with Crippen molar-refractivity contribution in [2.45, 2.75) is 20.3 Å². The maximum atomic E-state index is 12.0. The van der Waals surface area contributed by atoms with Crippen LogP contribution in [0.4, 0.5) is 0 Å². The molecule has 22 heavy (non-hydrogen) atoms. The van der Waals surface area contributed by atoms with Crippen molar-refractivity contribution in [3.05, 3.63) is 24.3 Å². The molecule has 0 spiro atoms. The van der Waals surface area contributed by atoms with Gasteiger partial charge in [0.2, 0.25) is 5.91 Å². The van der Waals surface area contributed by atoms with E-state index in [1.807, 2.05) is 38.1 Å². The third-order valence-corrected chi connectivity index (χ3v) is 3.29. The molecule has 1 rings (SSSR count). The average molecular weight is 331 g/mol. The molecule has 0 saturated heterocycles. The molecule has 6 heteroatoms. The number of amides is 1. The van der Waals surface area contributed by atoms with Gasteiger partial charge in [-0.25, -0.2) is 0 Å². The lowest BCUT2D eigenvalue weighted by atomic mass is 9.93. The Balaban J connectivity index is 0.00000441. The molecule has 0 unspecified atom stereocenters. The highest BCUT2D eigenvalue weighted by molar-refractivity contribution is 5.85. The molecule has 2 N–H and O–H groups in total. The molecule has 0 bridgehead atoms. The number of nitrogens with two attached hydrogens (primary N) is 1. The number of rotatable bonds is 8. The number of nitrogens with zero attached hydrogens (tertiary/aromatic N) is 1. The first-order chi connectivity index (χ1) is 9.88. The van der Waals surface area contributed by atoms with Gasteiger partial charge in [-0.2, -0.15) is 0 Å². The first kappa shape index (κ1) is 20.5. The number of hydrogen-bond donors (Lipinski definition) is 1. The van der Waals surface area contributed by atoms with Crippen LogP contribution in [0.25, 0.3) is 0 Å². The van der Waals surface area contributed by atoms with E-state index >= 15 is 0 Å². The smallest absolute Gasteiger partial charge is 0.225 e. The van der Waals surface area contributed by atoms with Gasteiger partial charge in [0.05, 0.1) is 20.1 Å². The zero-order chi connectivity index (χ0) is 15.9. The molecule has 1 aromatic rings. The third kappa shape index (κ3) is 7.00. The van der Waals surface area contributed by atoms with Crippen molar-refractivity contribution in [1.29, 1.82) is 0 Å². The van der Waals surface area contributed by atoms with Gasteiger partial charge >= 0.3 is 0 Å². The van der Waals surface area contributed by atoms with E-state index in [1.165, 1.54) is 0 Å². The molecule has 0 atom stereocenters. The zero-order valence-electron chi connectivity index (χ0n) is 13.8. The number of methoxy groups -OCH3 is 1. The SMILES string of the molecule is COc1ccc(OCCC(=O)N(C)CC(C)(C)CN)cc1.Cl. The summed E-state index contributed by atoms with van der Waals surface area (Å²) in [6.45, 7) is 5.64. The maximum absolute atomic E-state index is 12.0. The molecule has 126 valence electrons. The Bertz CT molecular complexity index is 449. The molecule has 0 fully saturated rings. The molecule has 1 amide bonds. The van der Waals surface area contributed by atoms with Crippen molar-refractivity contribution in [3.63, 3.8) is 0 Å². The monoisotopic (exact) mass is 330 g/mol. The number of carbonyl (C=O) groups is 1. The molecule has 5 nitrogen and oxygen atoms in total. The van der Waals surface area contributed by atoms with Crippen molar-refractivity contribution in [1.82, 2.24) is 4.90 Å². The summed E-state index contributed by atoms with van der Waals surface area (Å²) in [5.74, 6) is 1.57. The topological polar surface area (TPSA) is 64.8 Å². The number of hydrogen-bond acceptors (Lipinski definition) is 4. The van der Waals surface area contributed by atoms with E-state index in [-0.39, 0.29) is 23.7 Å². The van der Waals surface area contributed by atoms with Crippen molar-refractivity contribution < 1.29 is 14.3 Å². The lowest BCUT2D eigenvalue weighted by Gasteiger charge is -2.29. The Hall–Kier alpha value is -1.46. The summed E-state index contributed by atoms with van der Waals surface area (Å²) in [7, 11) is 3.42. The highest BCUT2D eigenvalue weighted by Crippen LogP contribution is 2.17. The molecular weight excluding hydrogens is 304 g/mol. The summed E-state index contributed by atoms with van der Waals surface area (Å²) < 4.78 is 10.6. The molecule has 0 aliphatic carbocycles. The number of halogens is 1. The van der Waals surface area contributed by atoms with Gasteiger partial charge in [-0.3, -0.25) is 4.79 Å². The Kier molecular flexibility index (Phi) is 8.90. The number of benzene rings is 1. The molecule has 0 radical (unpaired) electrons. The summed E-state index contributed by atoms with van der Waals surface area (Å²) in [6, 6.07) is 7.30. The molecular formula is C16H27ClN2O3. The van der Waals surface area contributed by atoms with Gasteiger partial charge in [0.1, 0.15) is 11.5 Å². The Morgan fingerprint density at radius 2 is 1.77 bits per heavy atom. The Morgan fingerprint density at radius 3 is 2.27 bits per heavy atom. The van der Waals surface area contributed by atoms with Crippen molar-refractivity contribution >= 4 is 18.3 Å². The minimum atomic E-state index is -0.0682. The fourth-order valence-corrected chi connectivity index (χ4v) is 1.91. The van der Waals surface area contributed by atoms with E-state index in [0.29, 0.717) is 26.1 Å². The number of carbonyl (C=O) groups excluding carboxylic acids is 1. The summed E-state index contributed by atoms with van der Waals surface area (Å²) in [5, 5.41) is 0. The minimum absolute atomic E-state index is 0. The van der Waals surface area contributed by atoms with Gasteiger partial charge in [-0.1, -0.05) is 13.8 Å². The Labute approximate surface area is 139 Å². The normalized spacial score (nSPS) is 10.6. The van der Waals surface area contributed by atoms with Gasteiger partial charge in [0.25, 0.3) is 0 Å². The van der Waals surface area contributed by atoms with Crippen LogP contribution >= 0.6 is 12.4 Å². The highest BCUT2D eigenvalue weighted by atomic mass is 35.5. The van der Waals surface area contributed by atoms with Gasteiger partial charge in [0, 0.05) is 13.6 Å². The zero-order valence-corrected chi connectivity index (χ0v) is 14.6. The lowest BCUT2D eigenvalue weighted by molar-refractivity contribution is -0.131. The summed E-state index contributed by atoms with van der Waals surface area (Å²) in [6.07, 6.45) is 0.350. The van der Waals surface area contributed by atoms with Crippen LogP contribution in [0.2, 0.25) is 0 Å². The first-order valence-corrected chi connectivity index (χ1v) is 7.09. The van der Waals surface area contributed by atoms with Gasteiger partial charge in [-0.05, 0) is 36.2 Å². The van der Waals surface area contributed by atoms with E-state index in [4.69, 9.17) is 15.2 Å².